The number of nitrogens with zero attached hydrogens (tertiary/aromatic N) is 3. The fourth-order valence-corrected chi connectivity index (χ4v) is 2.95. The Labute approximate surface area is 134 Å². The van der Waals surface area contributed by atoms with Gasteiger partial charge in [-0.1, -0.05) is 0 Å². The predicted molar refractivity (Wildman–Crippen MR) is 82.5 cm³/mol. The van der Waals surface area contributed by atoms with Crippen LogP contribution in [-0.2, 0) is 11.8 Å². The molecule has 3 heterocycles. The number of carbonyl (C=O) groups is 1. The van der Waals surface area contributed by atoms with Gasteiger partial charge >= 0.3 is 0 Å². The van der Waals surface area contributed by atoms with Crippen LogP contribution in [0, 0.1) is 17.2 Å². The number of aromatic amines is 1. The molecule has 0 radical (unpaired) electrons. The van der Waals surface area contributed by atoms with Crippen LogP contribution in [0.4, 0.5) is 0 Å². The summed E-state index contributed by atoms with van der Waals surface area (Å²) < 4.78 is 7.73. The van der Waals surface area contributed by atoms with E-state index in [2.05, 4.69) is 15.4 Å². The monoisotopic (exact) mass is 313 g/mol. The lowest BCUT2D eigenvalue weighted by Gasteiger charge is -2.31. The molecular formula is C16H19N5O2. The quantitative estimate of drug-likeness (QED) is 0.894. The molecular weight excluding hydrogens is 294 g/mol. The Hall–Kier alpha value is -2.59. The third-order valence-corrected chi connectivity index (χ3v) is 4.17. The summed E-state index contributed by atoms with van der Waals surface area (Å²) in [5.74, 6) is -0.00525. The van der Waals surface area contributed by atoms with E-state index in [1.165, 1.54) is 0 Å². The van der Waals surface area contributed by atoms with Crippen molar-refractivity contribution in [3.8, 4) is 6.07 Å². The SMILES string of the molecule is Cn1nccc1[C@@H]1OCCC[C@H]1CNC(=O)c1ccc(C#N)[nH]1. The van der Waals surface area contributed by atoms with E-state index >= 15 is 0 Å². The smallest absolute Gasteiger partial charge is 0.267 e. The Balaban J connectivity index is 1.64. The Kier molecular flexibility index (Phi) is 4.44. The fourth-order valence-electron chi connectivity index (χ4n) is 2.95. The van der Waals surface area contributed by atoms with Gasteiger partial charge in [-0.15, -0.1) is 0 Å². The van der Waals surface area contributed by atoms with E-state index in [0.717, 1.165) is 25.1 Å². The molecule has 0 aromatic carbocycles. The van der Waals surface area contributed by atoms with Crippen molar-refractivity contribution in [1.29, 1.82) is 5.26 Å². The lowest BCUT2D eigenvalue weighted by molar-refractivity contribution is -0.0317. The number of hydrogen-bond donors (Lipinski definition) is 2. The molecule has 3 rings (SSSR count). The second-order valence-corrected chi connectivity index (χ2v) is 5.68. The van der Waals surface area contributed by atoms with Crippen molar-refractivity contribution in [3.63, 3.8) is 0 Å². The first-order valence-corrected chi connectivity index (χ1v) is 7.66. The number of nitriles is 1. The van der Waals surface area contributed by atoms with Gasteiger partial charge < -0.3 is 15.0 Å². The molecule has 2 atom stereocenters. The second-order valence-electron chi connectivity index (χ2n) is 5.68. The van der Waals surface area contributed by atoms with Gasteiger partial charge in [-0.2, -0.15) is 10.4 Å². The van der Waals surface area contributed by atoms with Gasteiger partial charge in [0.1, 0.15) is 23.6 Å². The summed E-state index contributed by atoms with van der Waals surface area (Å²) in [6.45, 7) is 1.25. The average Bonchev–Trinajstić information content (AvgIpc) is 3.21. The van der Waals surface area contributed by atoms with E-state index in [-0.39, 0.29) is 17.9 Å². The Bertz CT molecular complexity index is 727. The first-order valence-electron chi connectivity index (χ1n) is 7.66. The van der Waals surface area contributed by atoms with Gasteiger partial charge in [0.25, 0.3) is 5.91 Å². The molecule has 1 aliphatic rings. The topological polar surface area (TPSA) is 95.7 Å². The molecule has 1 fully saturated rings. The van der Waals surface area contributed by atoms with E-state index in [1.54, 1.807) is 18.3 Å². The Morgan fingerprint density at radius 1 is 1.57 bits per heavy atom. The van der Waals surface area contributed by atoms with Crippen molar-refractivity contribution in [2.75, 3.05) is 13.2 Å². The maximum atomic E-state index is 12.2. The molecule has 1 saturated heterocycles. The van der Waals surface area contributed by atoms with Gasteiger partial charge in [0.05, 0.1) is 5.69 Å². The maximum Gasteiger partial charge on any atom is 0.267 e. The van der Waals surface area contributed by atoms with Crippen molar-refractivity contribution >= 4 is 5.91 Å². The van der Waals surface area contributed by atoms with Crippen molar-refractivity contribution in [2.45, 2.75) is 18.9 Å². The molecule has 7 heteroatoms. The van der Waals surface area contributed by atoms with Crippen molar-refractivity contribution in [1.82, 2.24) is 20.1 Å². The molecule has 23 heavy (non-hydrogen) atoms. The third-order valence-electron chi connectivity index (χ3n) is 4.17. The summed E-state index contributed by atoms with van der Waals surface area (Å²) in [7, 11) is 1.89. The van der Waals surface area contributed by atoms with E-state index in [0.29, 0.717) is 17.9 Å². The number of ether oxygens (including phenoxy) is 1. The van der Waals surface area contributed by atoms with Crippen LogP contribution in [0.3, 0.4) is 0 Å². The molecule has 0 bridgehead atoms. The molecule has 120 valence electrons. The molecule has 2 aromatic rings. The van der Waals surface area contributed by atoms with E-state index < -0.39 is 0 Å². The summed E-state index contributed by atoms with van der Waals surface area (Å²) in [4.78, 5) is 14.9. The lowest BCUT2D eigenvalue weighted by Crippen LogP contribution is -2.35. The highest BCUT2D eigenvalue weighted by atomic mass is 16.5. The van der Waals surface area contributed by atoms with Gasteiger partial charge in [-0.3, -0.25) is 9.48 Å². The zero-order chi connectivity index (χ0) is 16.2. The minimum atomic E-state index is -0.208. The highest BCUT2D eigenvalue weighted by molar-refractivity contribution is 5.92. The molecule has 2 aromatic heterocycles. The minimum absolute atomic E-state index is 0.0603. The zero-order valence-corrected chi connectivity index (χ0v) is 13.0. The zero-order valence-electron chi connectivity index (χ0n) is 13.0. The van der Waals surface area contributed by atoms with Crippen LogP contribution in [0.15, 0.2) is 24.4 Å². The van der Waals surface area contributed by atoms with Crippen LogP contribution in [0.25, 0.3) is 0 Å². The normalized spacial score (nSPS) is 20.9. The predicted octanol–water partition coefficient (Wildman–Crippen LogP) is 1.52. The molecule has 0 saturated carbocycles. The number of aryl methyl sites for hydroxylation is 1. The first-order chi connectivity index (χ1) is 11.2. The van der Waals surface area contributed by atoms with E-state index in [9.17, 15) is 4.79 Å². The number of nitrogens with one attached hydrogen (secondary N) is 2. The lowest BCUT2D eigenvalue weighted by atomic mass is 9.92. The van der Waals surface area contributed by atoms with Crippen molar-refractivity contribution in [2.24, 2.45) is 13.0 Å². The first kappa shape index (κ1) is 15.3. The summed E-state index contributed by atoms with van der Waals surface area (Å²) in [6.07, 6.45) is 3.67. The van der Waals surface area contributed by atoms with Crippen LogP contribution in [0.5, 0.6) is 0 Å². The number of H-pyrrole nitrogens is 1. The van der Waals surface area contributed by atoms with Gasteiger partial charge in [0, 0.05) is 32.3 Å². The number of amides is 1. The van der Waals surface area contributed by atoms with Gasteiger partial charge in [-0.05, 0) is 31.0 Å². The van der Waals surface area contributed by atoms with E-state index in [1.807, 2.05) is 23.9 Å². The number of aromatic nitrogens is 3. The number of rotatable bonds is 4. The van der Waals surface area contributed by atoms with E-state index in [4.69, 9.17) is 10.00 Å². The second kappa shape index (κ2) is 6.67. The highest BCUT2D eigenvalue weighted by Crippen LogP contribution is 2.32. The van der Waals surface area contributed by atoms with Crippen molar-refractivity contribution in [3.05, 3.63) is 41.5 Å². The molecule has 0 aliphatic carbocycles. The highest BCUT2D eigenvalue weighted by Gasteiger charge is 2.29. The van der Waals surface area contributed by atoms with Crippen LogP contribution in [0.1, 0.15) is 40.8 Å². The summed E-state index contributed by atoms with van der Waals surface area (Å²) in [5, 5.41) is 15.9. The van der Waals surface area contributed by atoms with Gasteiger partial charge in [0.15, 0.2) is 0 Å². The largest absolute Gasteiger partial charge is 0.372 e. The Morgan fingerprint density at radius 3 is 3.13 bits per heavy atom. The van der Waals surface area contributed by atoms with Crippen LogP contribution in [-0.4, -0.2) is 33.8 Å². The third kappa shape index (κ3) is 3.27. The van der Waals surface area contributed by atoms with Crippen LogP contribution in [0.2, 0.25) is 0 Å². The maximum absolute atomic E-state index is 12.2. The molecule has 0 unspecified atom stereocenters. The fraction of sp³-hybridized carbons (Fsp3) is 0.438. The van der Waals surface area contributed by atoms with Crippen molar-refractivity contribution < 1.29 is 9.53 Å². The van der Waals surface area contributed by atoms with Gasteiger partial charge in [-0.25, -0.2) is 0 Å². The molecule has 1 amide bonds. The van der Waals surface area contributed by atoms with Gasteiger partial charge in [0.2, 0.25) is 0 Å². The van der Waals surface area contributed by atoms with Crippen LogP contribution >= 0.6 is 0 Å². The molecule has 1 aliphatic heterocycles. The number of hydrogen-bond acceptors (Lipinski definition) is 4. The van der Waals surface area contributed by atoms with Crippen LogP contribution < -0.4 is 5.32 Å². The molecule has 7 nitrogen and oxygen atoms in total. The minimum Gasteiger partial charge on any atom is -0.372 e. The standard InChI is InChI=1S/C16H19N5O2/c1-21-14(6-7-19-21)15-11(3-2-8-23-15)10-18-16(22)13-5-4-12(9-17)20-13/h4-7,11,15,20H,2-3,8,10H2,1H3,(H,18,22)/t11-,15+/m0/s1. The average molecular weight is 313 g/mol. The summed E-state index contributed by atoms with van der Waals surface area (Å²) in [5.41, 5.74) is 1.80. The molecule has 0 spiro atoms. The summed E-state index contributed by atoms with van der Waals surface area (Å²) >= 11 is 0. The summed E-state index contributed by atoms with van der Waals surface area (Å²) in [6, 6.07) is 7.14. The molecule has 2 N–H and O–H groups in total. The number of carbonyl (C=O) groups excluding carboxylic acids is 1. The Morgan fingerprint density at radius 2 is 2.43 bits per heavy atom.